The summed E-state index contributed by atoms with van der Waals surface area (Å²) in [6, 6.07) is 17.7. The molecule has 4 rings (SSSR count). The third-order valence-electron chi connectivity index (χ3n) is 6.69. The van der Waals surface area contributed by atoms with Crippen LogP contribution < -0.4 is 4.72 Å². The maximum absolute atomic E-state index is 13.7. The molecule has 3 atom stereocenters. The van der Waals surface area contributed by atoms with Gasteiger partial charge in [0, 0.05) is 18.9 Å². The fourth-order valence-corrected chi connectivity index (χ4v) is 6.82. The summed E-state index contributed by atoms with van der Waals surface area (Å²) in [6.45, 7) is 6.64. The highest BCUT2D eigenvalue weighted by Gasteiger charge is 2.54. The molecule has 1 N–H and O–H groups in total. The van der Waals surface area contributed by atoms with Crippen molar-refractivity contribution in [1.29, 1.82) is 0 Å². The van der Waals surface area contributed by atoms with Crippen LogP contribution in [0.3, 0.4) is 0 Å². The molecule has 2 aromatic carbocycles. The van der Waals surface area contributed by atoms with Gasteiger partial charge in [0.1, 0.15) is 6.61 Å². The normalized spacial score (nSPS) is 22.1. The summed E-state index contributed by atoms with van der Waals surface area (Å²) in [4.78, 5) is 15.3. The Morgan fingerprint density at radius 3 is 2.25 bits per heavy atom. The van der Waals surface area contributed by atoms with E-state index >= 15 is 0 Å². The van der Waals surface area contributed by atoms with E-state index < -0.39 is 34.0 Å². The van der Waals surface area contributed by atoms with Crippen LogP contribution in [0.5, 0.6) is 0 Å². The second-order valence-electron chi connectivity index (χ2n) is 10.0. The largest absolute Gasteiger partial charge is 0.445 e. The van der Waals surface area contributed by atoms with Crippen LogP contribution in [0.4, 0.5) is 4.79 Å². The zero-order chi connectivity index (χ0) is 25.8. The molecule has 1 aliphatic carbocycles. The van der Waals surface area contributed by atoms with Crippen LogP contribution in [0.15, 0.2) is 60.7 Å². The first-order valence-corrected chi connectivity index (χ1v) is 14.2. The molecule has 0 radical (unpaired) electrons. The summed E-state index contributed by atoms with van der Waals surface area (Å²) in [5, 5.41) is 0. The molecule has 196 valence electrons. The molecule has 1 saturated carbocycles. The molecule has 1 heterocycles. The number of hydrogen-bond acceptors (Lipinski definition) is 6. The third kappa shape index (κ3) is 6.45. The van der Waals surface area contributed by atoms with Crippen molar-refractivity contribution in [3.63, 3.8) is 0 Å². The predicted molar refractivity (Wildman–Crippen MR) is 137 cm³/mol. The van der Waals surface area contributed by atoms with Gasteiger partial charge in [0.25, 0.3) is 0 Å². The minimum atomic E-state index is -3.59. The van der Waals surface area contributed by atoms with Crippen LogP contribution in [-0.4, -0.2) is 56.2 Å². The van der Waals surface area contributed by atoms with Gasteiger partial charge in [-0.05, 0) is 24.0 Å². The standard InChI is InChI=1S/C27H36N2O6S/c1-20(2)19-36(31,32)28-24-16-27(34-14-15-35-27)17-25(24)29(21(3)23-12-8-5-9-13-23)26(30)33-18-22-10-6-4-7-11-22/h4-13,20-21,24-25,28H,14-19H2,1-3H3/t21-,24?,25?/m1/s1. The van der Waals surface area contributed by atoms with Crippen molar-refractivity contribution in [2.75, 3.05) is 19.0 Å². The van der Waals surface area contributed by atoms with E-state index in [1.807, 2.05) is 81.4 Å². The highest BCUT2D eigenvalue weighted by molar-refractivity contribution is 7.89. The van der Waals surface area contributed by atoms with E-state index in [1.165, 1.54) is 0 Å². The SMILES string of the molecule is CC(C)CS(=O)(=O)NC1CC2(CC1N(C(=O)OCc1ccccc1)[C@H](C)c1ccccc1)OCCO2. The van der Waals surface area contributed by atoms with Gasteiger partial charge in [-0.15, -0.1) is 0 Å². The Labute approximate surface area is 214 Å². The molecule has 1 spiro atoms. The number of sulfonamides is 1. The second kappa shape index (κ2) is 11.3. The summed E-state index contributed by atoms with van der Waals surface area (Å²) in [5.41, 5.74) is 1.80. The lowest BCUT2D eigenvalue weighted by atomic mass is 10.0. The van der Waals surface area contributed by atoms with Crippen LogP contribution in [0.2, 0.25) is 0 Å². The number of nitrogens with one attached hydrogen (secondary N) is 1. The summed E-state index contributed by atoms with van der Waals surface area (Å²) in [5.74, 6) is -0.965. The zero-order valence-corrected chi connectivity index (χ0v) is 21.9. The smallest absolute Gasteiger partial charge is 0.410 e. The van der Waals surface area contributed by atoms with Gasteiger partial charge in [-0.25, -0.2) is 17.9 Å². The van der Waals surface area contributed by atoms with Crippen molar-refractivity contribution >= 4 is 16.1 Å². The second-order valence-corrected chi connectivity index (χ2v) is 11.8. The number of ether oxygens (including phenoxy) is 3. The average Bonchev–Trinajstić information content (AvgIpc) is 3.44. The summed E-state index contributed by atoms with van der Waals surface area (Å²) < 4.78 is 46.5. The number of benzene rings is 2. The molecule has 1 amide bonds. The van der Waals surface area contributed by atoms with E-state index in [1.54, 1.807) is 4.90 Å². The maximum atomic E-state index is 13.7. The maximum Gasteiger partial charge on any atom is 0.410 e. The van der Waals surface area contributed by atoms with Gasteiger partial charge in [0.05, 0.1) is 31.1 Å². The van der Waals surface area contributed by atoms with Crippen LogP contribution >= 0.6 is 0 Å². The molecular weight excluding hydrogens is 480 g/mol. The Morgan fingerprint density at radius 1 is 1.03 bits per heavy atom. The molecule has 1 saturated heterocycles. The van der Waals surface area contributed by atoms with Gasteiger partial charge in [-0.1, -0.05) is 74.5 Å². The molecule has 1 aliphatic heterocycles. The molecule has 2 aliphatic rings. The summed E-state index contributed by atoms with van der Waals surface area (Å²) >= 11 is 0. The van der Waals surface area contributed by atoms with Gasteiger partial charge in [-0.3, -0.25) is 4.90 Å². The van der Waals surface area contributed by atoms with E-state index in [0.717, 1.165) is 11.1 Å². The minimum absolute atomic E-state index is 0.00235. The lowest BCUT2D eigenvalue weighted by Gasteiger charge is -2.37. The molecule has 36 heavy (non-hydrogen) atoms. The molecule has 0 aromatic heterocycles. The Kier molecular flexibility index (Phi) is 8.34. The lowest BCUT2D eigenvalue weighted by molar-refractivity contribution is -0.153. The Bertz CT molecular complexity index is 1100. The van der Waals surface area contributed by atoms with E-state index in [2.05, 4.69) is 4.72 Å². The quantitative estimate of drug-likeness (QED) is 0.536. The number of carbonyl (C=O) groups excluding carboxylic acids is 1. The van der Waals surface area contributed by atoms with Gasteiger partial charge < -0.3 is 14.2 Å². The Hall–Kier alpha value is -2.46. The van der Waals surface area contributed by atoms with Crippen LogP contribution in [0.25, 0.3) is 0 Å². The molecule has 2 unspecified atom stereocenters. The van der Waals surface area contributed by atoms with E-state index in [9.17, 15) is 13.2 Å². The number of rotatable bonds is 9. The first kappa shape index (κ1) is 26.6. The Morgan fingerprint density at radius 2 is 1.64 bits per heavy atom. The van der Waals surface area contributed by atoms with Gasteiger partial charge in [0.15, 0.2) is 5.79 Å². The summed E-state index contributed by atoms with van der Waals surface area (Å²) in [7, 11) is -3.59. The van der Waals surface area contributed by atoms with Gasteiger partial charge in [0.2, 0.25) is 10.0 Å². The van der Waals surface area contributed by atoms with Crippen molar-refractivity contribution in [3.05, 3.63) is 71.8 Å². The van der Waals surface area contributed by atoms with E-state index in [0.29, 0.717) is 26.1 Å². The molecule has 0 bridgehead atoms. The van der Waals surface area contributed by atoms with Crippen LogP contribution in [-0.2, 0) is 30.8 Å². The zero-order valence-electron chi connectivity index (χ0n) is 21.1. The first-order chi connectivity index (χ1) is 17.2. The molecule has 9 heteroatoms. The highest BCUT2D eigenvalue weighted by atomic mass is 32.2. The number of amides is 1. The van der Waals surface area contributed by atoms with Crippen molar-refractivity contribution in [3.8, 4) is 0 Å². The van der Waals surface area contributed by atoms with Gasteiger partial charge in [-0.2, -0.15) is 0 Å². The third-order valence-corrected chi connectivity index (χ3v) is 8.45. The number of hydrogen-bond donors (Lipinski definition) is 1. The van der Waals surface area contributed by atoms with Crippen LogP contribution in [0, 0.1) is 5.92 Å². The summed E-state index contributed by atoms with van der Waals surface area (Å²) in [6.07, 6.45) is 0.154. The van der Waals surface area contributed by atoms with Crippen molar-refractivity contribution < 1.29 is 27.4 Å². The molecule has 2 aromatic rings. The lowest BCUT2D eigenvalue weighted by Crippen LogP contribution is -2.52. The fraction of sp³-hybridized carbons (Fsp3) is 0.519. The molecule has 8 nitrogen and oxygen atoms in total. The van der Waals surface area contributed by atoms with Crippen LogP contribution in [0.1, 0.15) is 50.8 Å². The number of nitrogens with zero attached hydrogens (tertiary/aromatic N) is 1. The molecule has 2 fully saturated rings. The monoisotopic (exact) mass is 516 g/mol. The molecular formula is C27H36N2O6S. The Balaban J connectivity index is 1.65. The van der Waals surface area contributed by atoms with Crippen molar-refractivity contribution in [1.82, 2.24) is 9.62 Å². The minimum Gasteiger partial charge on any atom is -0.445 e. The average molecular weight is 517 g/mol. The van der Waals surface area contributed by atoms with E-state index in [4.69, 9.17) is 14.2 Å². The first-order valence-electron chi connectivity index (χ1n) is 12.5. The highest BCUT2D eigenvalue weighted by Crippen LogP contribution is 2.42. The topological polar surface area (TPSA) is 94.2 Å². The van der Waals surface area contributed by atoms with Crippen molar-refractivity contribution in [2.24, 2.45) is 5.92 Å². The fourth-order valence-electron chi connectivity index (χ4n) is 5.14. The van der Waals surface area contributed by atoms with Gasteiger partial charge >= 0.3 is 6.09 Å². The predicted octanol–water partition coefficient (Wildman–Crippen LogP) is 4.24. The number of carbonyl (C=O) groups is 1. The van der Waals surface area contributed by atoms with Crippen molar-refractivity contribution in [2.45, 2.75) is 64.1 Å². The van der Waals surface area contributed by atoms with E-state index in [-0.39, 0.29) is 24.3 Å².